The SMILES string of the molecule is O=C(N[C@@H](CCc1ccccc1)C(=O)O)c1cnns1. The number of aliphatic carboxylic acids is 1. The zero-order valence-corrected chi connectivity index (χ0v) is 11.3. The Kier molecular flexibility index (Phi) is 4.78. The molecule has 2 N–H and O–H groups in total. The second-order valence-corrected chi connectivity index (χ2v) is 4.96. The Labute approximate surface area is 119 Å². The number of carboxylic acid groups (broad SMARTS) is 1. The summed E-state index contributed by atoms with van der Waals surface area (Å²) in [6, 6.07) is 8.61. The van der Waals surface area contributed by atoms with Crippen LogP contribution in [0.1, 0.15) is 21.7 Å². The van der Waals surface area contributed by atoms with E-state index in [-0.39, 0.29) is 0 Å². The summed E-state index contributed by atoms with van der Waals surface area (Å²) >= 11 is 0.933. The van der Waals surface area contributed by atoms with Crippen molar-refractivity contribution in [3.05, 3.63) is 47.0 Å². The number of benzene rings is 1. The summed E-state index contributed by atoms with van der Waals surface area (Å²) in [6.07, 6.45) is 2.23. The average Bonchev–Trinajstić information content (AvgIpc) is 2.98. The average molecular weight is 291 g/mol. The lowest BCUT2D eigenvalue weighted by Gasteiger charge is -2.13. The number of rotatable bonds is 6. The van der Waals surface area contributed by atoms with E-state index in [1.165, 1.54) is 6.20 Å². The Morgan fingerprint density at radius 3 is 2.65 bits per heavy atom. The highest BCUT2D eigenvalue weighted by atomic mass is 32.1. The second-order valence-electron chi connectivity index (χ2n) is 4.17. The predicted molar refractivity (Wildman–Crippen MR) is 73.6 cm³/mol. The van der Waals surface area contributed by atoms with Crippen LogP contribution in [-0.4, -0.2) is 32.6 Å². The highest BCUT2D eigenvalue weighted by Crippen LogP contribution is 2.07. The van der Waals surface area contributed by atoms with Crippen molar-refractivity contribution in [3.63, 3.8) is 0 Å². The maximum atomic E-state index is 11.8. The molecule has 0 aliphatic carbocycles. The van der Waals surface area contributed by atoms with Crippen LogP contribution in [0.3, 0.4) is 0 Å². The van der Waals surface area contributed by atoms with Gasteiger partial charge in [-0.25, -0.2) is 4.79 Å². The number of aromatic nitrogens is 2. The first kappa shape index (κ1) is 14.1. The summed E-state index contributed by atoms with van der Waals surface area (Å²) in [7, 11) is 0. The Balaban J connectivity index is 1.94. The molecule has 0 unspecified atom stereocenters. The summed E-state index contributed by atoms with van der Waals surface area (Å²) in [5, 5.41) is 15.2. The van der Waals surface area contributed by atoms with Crippen molar-refractivity contribution in [1.82, 2.24) is 14.9 Å². The Morgan fingerprint density at radius 1 is 1.30 bits per heavy atom. The number of carbonyl (C=O) groups excluding carboxylic acids is 1. The van der Waals surface area contributed by atoms with Gasteiger partial charge in [-0.3, -0.25) is 4.79 Å². The van der Waals surface area contributed by atoms with Crippen LogP contribution in [0.2, 0.25) is 0 Å². The molecule has 1 amide bonds. The van der Waals surface area contributed by atoms with Gasteiger partial charge in [-0.05, 0) is 29.9 Å². The lowest BCUT2D eigenvalue weighted by Crippen LogP contribution is -2.40. The number of hydrogen-bond acceptors (Lipinski definition) is 5. The molecule has 6 nitrogen and oxygen atoms in total. The largest absolute Gasteiger partial charge is 0.480 e. The van der Waals surface area contributed by atoms with E-state index in [1.54, 1.807) is 0 Å². The van der Waals surface area contributed by atoms with Crippen LogP contribution in [0, 0.1) is 0 Å². The van der Waals surface area contributed by atoms with E-state index in [9.17, 15) is 9.59 Å². The summed E-state index contributed by atoms with van der Waals surface area (Å²) in [5.74, 6) is -1.51. The molecule has 0 bridgehead atoms. The number of nitrogens with zero attached hydrogens (tertiary/aromatic N) is 2. The van der Waals surface area contributed by atoms with Crippen molar-refractivity contribution in [2.24, 2.45) is 0 Å². The number of carbonyl (C=O) groups is 2. The minimum absolute atomic E-state index is 0.302. The molecule has 1 atom stereocenters. The second kappa shape index (κ2) is 6.76. The number of nitrogens with one attached hydrogen (secondary N) is 1. The van der Waals surface area contributed by atoms with Crippen molar-refractivity contribution < 1.29 is 14.7 Å². The third-order valence-electron chi connectivity index (χ3n) is 2.75. The molecule has 1 aromatic carbocycles. The third-order valence-corrected chi connectivity index (χ3v) is 3.42. The molecule has 0 aliphatic rings. The number of carboxylic acids is 1. The molecule has 1 aromatic heterocycles. The Morgan fingerprint density at radius 2 is 2.05 bits per heavy atom. The third kappa shape index (κ3) is 3.86. The van der Waals surface area contributed by atoms with E-state index in [2.05, 4.69) is 14.9 Å². The first-order valence-electron chi connectivity index (χ1n) is 6.02. The van der Waals surface area contributed by atoms with E-state index in [4.69, 9.17) is 5.11 Å². The fraction of sp³-hybridized carbons (Fsp3) is 0.231. The minimum atomic E-state index is -1.05. The van der Waals surface area contributed by atoms with Crippen LogP contribution >= 0.6 is 11.5 Å². The first-order valence-corrected chi connectivity index (χ1v) is 6.79. The van der Waals surface area contributed by atoms with Gasteiger partial charge < -0.3 is 10.4 Å². The Hall–Kier alpha value is -2.28. The van der Waals surface area contributed by atoms with E-state index in [0.29, 0.717) is 17.7 Å². The number of aryl methyl sites for hydroxylation is 1. The van der Waals surface area contributed by atoms with Gasteiger partial charge >= 0.3 is 5.97 Å². The van der Waals surface area contributed by atoms with Gasteiger partial charge in [0.15, 0.2) is 0 Å². The number of hydrogen-bond donors (Lipinski definition) is 2. The van der Waals surface area contributed by atoms with Gasteiger partial charge in [-0.1, -0.05) is 34.8 Å². The molecule has 2 rings (SSSR count). The Bertz CT molecular complexity index is 572. The van der Waals surface area contributed by atoms with Gasteiger partial charge in [-0.15, -0.1) is 5.10 Å². The van der Waals surface area contributed by atoms with Crippen molar-refractivity contribution in [3.8, 4) is 0 Å². The highest BCUT2D eigenvalue weighted by Gasteiger charge is 2.21. The molecular weight excluding hydrogens is 278 g/mol. The molecule has 7 heteroatoms. The zero-order chi connectivity index (χ0) is 14.4. The van der Waals surface area contributed by atoms with Gasteiger partial charge in [0.05, 0.1) is 6.20 Å². The maximum absolute atomic E-state index is 11.8. The molecule has 0 spiro atoms. The molecule has 1 heterocycles. The minimum Gasteiger partial charge on any atom is -0.480 e. The fourth-order valence-electron chi connectivity index (χ4n) is 1.71. The first-order chi connectivity index (χ1) is 9.66. The van der Waals surface area contributed by atoms with Crippen LogP contribution in [0.5, 0.6) is 0 Å². The van der Waals surface area contributed by atoms with Crippen LogP contribution < -0.4 is 5.32 Å². The lowest BCUT2D eigenvalue weighted by molar-refractivity contribution is -0.139. The summed E-state index contributed by atoms with van der Waals surface area (Å²) in [4.78, 5) is 23.3. The van der Waals surface area contributed by atoms with E-state index in [1.807, 2.05) is 30.3 Å². The molecule has 104 valence electrons. The van der Waals surface area contributed by atoms with Crippen LogP contribution in [0.25, 0.3) is 0 Å². The van der Waals surface area contributed by atoms with Gasteiger partial charge in [-0.2, -0.15) is 0 Å². The quantitative estimate of drug-likeness (QED) is 0.838. The van der Waals surface area contributed by atoms with E-state index in [0.717, 1.165) is 17.1 Å². The molecule has 0 fully saturated rings. The summed E-state index contributed by atoms with van der Waals surface area (Å²) in [5.41, 5.74) is 1.03. The van der Waals surface area contributed by atoms with Crippen molar-refractivity contribution in [1.29, 1.82) is 0 Å². The molecule has 0 saturated heterocycles. The summed E-state index contributed by atoms with van der Waals surface area (Å²) in [6.45, 7) is 0. The van der Waals surface area contributed by atoms with E-state index < -0.39 is 17.9 Å². The van der Waals surface area contributed by atoms with Crippen LogP contribution in [-0.2, 0) is 11.2 Å². The van der Waals surface area contributed by atoms with Crippen molar-refractivity contribution >= 4 is 23.4 Å². The van der Waals surface area contributed by atoms with Gasteiger partial charge in [0.2, 0.25) is 0 Å². The monoisotopic (exact) mass is 291 g/mol. The molecular formula is C13H13N3O3S. The zero-order valence-electron chi connectivity index (χ0n) is 10.5. The fourth-order valence-corrected chi connectivity index (χ4v) is 2.13. The van der Waals surface area contributed by atoms with Crippen LogP contribution in [0.4, 0.5) is 0 Å². The maximum Gasteiger partial charge on any atom is 0.326 e. The summed E-state index contributed by atoms with van der Waals surface area (Å²) < 4.78 is 3.57. The van der Waals surface area contributed by atoms with Crippen molar-refractivity contribution in [2.75, 3.05) is 0 Å². The smallest absolute Gasteiger partial charge is 0.326 e. The molecule has 20 heavy (non-hydrogen) atoms. The topological polar surface area (TPSA) is 92.2 Å². The number of amides is 1. The van der Waals surface area contributed by atoms with Gasteiger partial charge in [0, 0.05) is 0 Å². The lowest BCUT2D eigenvalue weighted by atomic mass is 10.1. The molecule has 2 aromatic rings. The van der Waals surface area contributed by atoms with Gasteiger partial charge in [0.1, 0.15) is 10.9 Å². The van der Waals surface area contributed by atoms with Gasteiger partial charge in [0.25, 0.3) is 5.91 Å². The molecule has 0 aliphatic heterocycles. The molecule has 0 saturated carbocycles. The predicted octanol–water partition coefficient (Wildman–Crippen LogP) is 1.35. The highest BCUT2D eigenvalue weighted by molar-refractivity contribution is 7.07. The van der Waals surface area contributed by atoms with Crippen LogP contribution in [0.15, 0.2) is 36.5 Å². The molecule has 0 radical (unpaired) electrons. The normalized spacial score (nSPS) is 11.8. The van der Waals surface area contributed by atoms with Crippen molar-refractivity contribution in [2.45, 2.75) is 18.9 Å². The standard InChI is InChI=1S/C13H13N3O3S/c17-12(11-8-14-16-20-11)15-10(13(18)19)7-6-9-4-2-1-3-5-9/h1-5,8,10H,6-7H2,(H,15,17)(H,18,19)/t10-/m0/s1. The van der Waals surface area contributed by atoms with E-state index >= 15 is 0 Å².